The highest BCUT2D eigenvalue weighted by Crippen LogP contribution is 2.23. The number of carbonyl (C=O) groups is 2. The Labute approximate surface area is 153 Å². The molecule has 0 aromatic heterocycles. The van der Waals surface area contributed by atoms with Crippen LogP contribution < -0.4 is 0 Å². The van der Waals surface area contributed by atoms with Crippen molar-refractivity contribution < 1.29 is 27.6 Å². The van der Waals surface area contributed by atoms with E-state index in [1.807, 2.05) is 34.6 Å². The molecule has 0 aliphatic carbocycles. The summed E-state index contributed by atoms with van der Waals surface area (Å²) in [4.78, 5) is 24.2. The fourth-order valence-electron chi connectivity index (χ4n) is 2.71. The lowest BCUT2D eigenvalue weighted by atomic mass is 9.99. The van der Waals surface area contributed by atoms with Gasteiger partial charge in [0.15, 0.2) is 0 Å². The fraction of sp³-hybridized carbons (Fsp3) is 0.889. The lowest BCUT2D eigenvalue weighted by molar-refractivity contribution is -0.157. The van der Waals surface area contributed by atoms with Gasteiger partial charge in [-0.15, -0.1) is 0 Å². The molecule has 148 valence electrons. The van der Waals surface area contributed by atoms with Gasteiger partial charge in [-0.1, -0.05) is 13.8 Å². The molecule has 0 amide bonds. The summed E-state index contributed by atoms with van der Waals surface area (Å²) in [6, 6.07) is 0.588. The molecule has 0 saturated carbocycles. The molecule has 0 fully saturated rings. The average Bonchev–Trinajstić information content (AvgIpc) is 2.56. The highest BCUT2D eigenvalue weighted by atomic mass is 28.4. The maximum atomic E-state index is 12.3. The van der Waals surface area contributed by atoms with Gasteiger partial charge in [0.2, 0.25) is 0 Å². The van der Waals surface area contributed by atoms with Crippen molar-refractivity contribution in [2.75, 3.05) is 19.8 Å². The second-order valence-electron chi connectivity index (χ2n) is 5.91. The van der Waals surface area contributed by atoms with Gasteiger partial charge in [-0.3, -0.25) is 9.59 Å². The maximum Gasteiger partial charge on any atom is 0.500 e. The molecule has 1 atom stereocenters. The number of rotatable bonds is 15. The van der Waals surface area contributed by atoms with Crippen LogP contribution >= 0.6 is 0 Å². The molecule has 0 saturated heterocycles. The van der Waals surface area contributed by atoms with Crippen molar-refractivity contribution >= 4 is 20.6 Å². The maximum absolute atomic E-state index is 12.3. The largest absolute Gasteiger partial charge is 0.500 e. The van der Waals surface area contributed by atoms with Crippen molar-refractivity contribution in [2.24, 2.45) is 5.92 Å². The van der Waals surface area contributed by atoms with Crippen molar-refractivity contribution in [1.82, 2.24) is 0 Å². The molecule has 6 nitrogen and oxygen atoms in total. The average molecular weight is 377 g/mol. The quantitative estimate of drug-likeness (QED) is 0.246. The first-order chi connectivity index (χ1) is 11.9. The van der Waals surface area contributed by atoms with E-state index in [2.05, 4.69) is 0 Å². The number of ketones is 1. The van der Waals surface area contributed by atoms with Crippen LogP contribution in [0.4, 0.5) is 0 Å². The van der Waals surface area contributed by atoms with E-state index in [1.165, 1.54) is 6.92 Å². The van der Waals surface area contributed by atoms with Gasteiger partial charge in [-0.05, 0) is 53.4 Å². The van der Waals surface area contributed by atoms with Gasteiger partial charge in [0.05, 0.1) is 0 Å². The molecule has 0 spiro atoms. The van der Waals surface area contributed by atoms with E-state index in [-0.39, 0.29) is 11.9 Å². The Hall–Kier alpha value is -0.763. The summed E-state index contributed by atoms with van der Waals surface area (Å²) >= 11 is 0. The van der Waals surface area contributed by atoms with E-state index >= 15 is 0 Å². The standard InChI is InChI=1S/C18H36O6Si/c1-7-16(8-2)24-18(20)17(15(6)19)13-12-14-25(21-9-3,22-10-4)23-11-5/h16-17H,7-14H2,1-6H3. The number of esters is 1. The first-order valence-corrected chi connectivity index (χ1v) is 11.4. The summed E-state index contributed by atoms with van der Waals surface area (Å²) < 4.78 is 22.9. The lowest BCUT2D eigenvalue weighted by Crippen LogP contribution is -2.46. The molecule has 0 aliphatic rings. The van der Waals surface area contributed by atoms with Gasteiger partial charge in [0, 0.05) is 25.9 Å². The molecule has 0 heterocycles. The summed E-state index contributed by atoms with van der Waals surface area (Å²) in [6.45, 7) is 12.6. The lowest BCUT2D eigenvalue weighted by Gasteiger charge is -2.28. The molecule has 0 aliphatic heterocycles. The highest BCUT2D eigenvalue weighted by molar-refractivity contribution is 6.60. The predicted molar refractivity (Wildman–Crippen MR) is 99.3 cm³/mol. The third-order valence-corrected chi connectivity index (χ3v) is 7.19. The fourth-order valence-corrected chi connectivity index (χ4v) is 5.35. The number of Topliss-reactive ketones (excluding diaryl/α,β-unsaturated/α-hetero) is 1. The molecular weight excluding hydrogens is 340 g/mol. The SMILES string of the molecule is CCO[Si](CCCC(C(C)=O)C(=O)OC(CC)CC)(OCC)OCC. The van der Waals surface area contributed by atoms with Crippen LogP contribution in [0, 0.1) is 5.92 Å². The number of hydrogen-bond donors (Lipinski definition) is 0. The molecule has 0 bridgehead atoms. The Bertz CT molecular complexity index is 367. The molecule has 7 heteroatoms. The van der Waals surface area contributed by atoms with Crippen molar-refractivity contribution in [3.8, 4) is 0 Å². The van der Waals surface area contributed by atoms with Crippen molar-refractivity contribution in [2.45, 2.75) is 79.4 Å². The van der Waals surface area contributed by atoms with Crippen molar-refractivity contribution in [1.29, 1.82) is 0 Å². The van der Waals surface area contributed by atoms with E-state index in [0.29, 0.717) is 38.7 Å². The van der Waals surface area contributed by atoms with Gasteiger partial charge in [0.25, 0.3) is 0 Å². The monoisotopic (exact) mass is 376 g/mol. The van der Waals surface area contributed by atoms with Gasteiger partial charge >= 0.3 is 14.8 Å². The molecule has 1 unspecified atom stereocenters. The van der Waals surface area contributed by atoms with Crippen LogP contribution in [0.5, 0.6) is 0 Å². The van der Waals surface area contributed by atoms with E-state index in [9.17, 15) is 9.59 Å². The van der Waals surface area contributed by atoms with Crippen molar-refractivity contribution in [3.63, 3.8) is 0 Å². The third-order valence-electron chi connectivity index (χ3n) is 4.04. The Morgan fingerprint density at radius 1 is 0.880 bits per heavy atom. The molecular formula is C18H36O6Si. The second kappa shape index (κ2) is 13.4. The molecule has 0 aromatic rings. The van der Waals surface area contributed by atoms with E-state index in [1.54, 1.807) is 0 Å². The summed E-state index contributed by atoms with van der Waals surface area (Å²) in [5, 5.41) is 0. The van der Waals surface area contributed by atoms with Crippen LogP contribution in [-0.4, -0.2) is 46.5 Å². The number of hydrogen-bond acceptors (Lipinski definition) is 6. The molecule has 25 heavy (non-hydrogen) atoms. The first kappa shape index (κ1) is 24.2. The van der Waals surface area contributed by atoms with E-state index in [0.717, 1.165) is 12.8 Å². The zero-order valence-corrected chi connectivity index (χ0v) is 17.8. The third kappa shape index (κ3) is 8.94. The molecule has 0 aromatic carbocycles. The number of carbonyl (C=O) groups excluding carboxylic acids is 2. The van der Waals surface area contributed by atoms with Crippen LogP contribution in [0.3, 0.4) is 0 Å². The minimum atomic E-state index is -2.74. The van der Waals surface area contributed by atoms with Crippen LogP contribution in [0.2, 0.25) is 6.04 Å². The summed E-state index contributed by atoms with van der Waals surface area (Å²) in [7, 11) is -2.74. The minimum Gasteiger partial charge on any atom is -0.462 e. The van der Waals surface area contributed by atoms with Crippen molar-refractivity contribution in [3.05, 3.63) is 0 Å². The molecule has 0 rings (SSSR count). The summed E-state index contributed by atoms with van der Waals surface area (Å²) in [5.74, 6) is -1.30. The Morgan fingerprint density at radius 2 is 1.36 bits per heavy atom. The van der Waals surface area contributed by atoms with Crippen LogP contribution in [0.15, 0.2) is 0 Å². The van der Waals surface area contributed by atoms with Crippen LogP contribution in [0.25, 0.3) is 0 Å². The van der Waals surface area contributed by atoms with Gasteiger partial charge in [0.1, 0.15) is 17.8 Å². The smallest absolute Gasteiger partial charge is 0.462 e. The summed E-state index contributed by atoms with van der Waals surface area (Å²) in [6.07, 6.45) is 2.42. The van der Waals surface area contributed by atoms with Crippen LogP contribution in [0.1, 0.15) is 67.2 Å². The molecule has 0 N–H and O–H groups in total. The van der Waals surface area contributed by atoms with E-state index < -0.39 is 20.7 Å². The highest BCUT2D eigenvalue weighted by Gasteiger charge is 2.40. The normalized spacial score (nSPS) is 13.1. The Balaban J connectivity index is 4.82. The predicted octanol–water partition coefficient (Wildman–Crippen LogP) is 3.75. The molecule has 0 radical (unpaired) electrons. The van der Waals surface area contributed by atoms with E-state index in [4.69, 9.17) is 18.0 Å². The second-order valence-corrected chi connectivity index (χ2v) is 8.64. The summed E-state index contributed by atoms with van der Waals surface area (Å²) in [5.41, 5.74) is 0. The van der Waals surface area contributed by atoms with Gasteiger partial charge < -0.3 is 18.0 Å². The Morgan fingerprint density at radius 3 is 1.72 bits per heavy atom. The zero-order valence-electron chi connectivity index (χ0n) is 16.8. The Kier molecular flexibility index (Phi) is 13.0. The first-order valence-electron chi connectivity index (χ1n) is 9.52. The number of ether oxygens (including phenoxy) is 1. The minimum absolute atomic E-state index is 0.127. The van der Waals surface area contributed by atoms with Gasteiger partial charge in [-0.25, -0.2) is 0 Å². The zero-order chi connectivity index (χ0) is 19.3. The van der Waals surface area contributed by atoms with Gasteiger partial charge in [-0.2, -0.15) is 0 Å². The van der Waals surface area contributed by atoms with Crippen LogP contribution in [-0.2, 0) is 27.6 Å². The topological polar surface area (TPSA) is 71.1 Å².